The van der Waals surface area contributed by atoms with E-state index in [2.05, 4.69) is 33.1 Å². The highest BCUT2D eigenvalue weighted by Gasteiger charge is 2.33. The van der Waals surface area contributed by atoms with Crippen LogP contribution in [-0.4, -0.2) is 32.3 Å². The average Bonchev–Trinajstić information content (AvgIpc) is 3.35. The minimum absolute atomic E-state index is 0.182. The van der Waals surface area contributed by atoms with Crippen LogP contribution in [0.1, 0.15) is 72.0 Å². The summed E-state index contributed by atoms with van der Waals surface area (Å²) in [6, 6.07) is 17.4. The van der Waals surface area contributed by atoms with Crippen LogP contribution in [-0.2, 0) is 34.0 Å². The van der Waals surface area contributed by atoms with Gasteiger partial charge in [-0.1, -0.05) is 61.0 Å². The fourth-order valence-corrected chi connectivity index (χ4v) is 7.01. The van der Waals surface area contributed by atoms with Crippen molar-refractivity contribution in [2.45, 2.75) is 68.2 Å². The van der Waals surface area contributed by atoms with Gasteiger partial charge in [0.25, 0.3) is 0 Å². The Kier molecular flexibility index (Phi) is 8.82. The Bertz CT molecular complexity index is 1470. The molecule has 0 unspecified atom stereocenters. The van der Waals surface area contributed by atoms with Crippen molar-refractivity contribution in [3.8, 4) is 0 Å². The number of nitrogens with one attached hydrogen (secondary N) is 2. The summed E-state index contributed by atoms with van der Waals surface area (Å²) in [6.07, 6.45) is 0.466. The van der Waals surface area contributed by atoms with Gasteiger partial charge in [-0.2, -0.15) is 13.2 Å². The second-order valence-corrected chi connectivity index (χ2v) is 12.6. The zero-order valence-electron chi connectivity index (χ0n) is 22.7. The lowest BCUT2D eigenvalue weighted by molar-refractivity contribution is -0.137. The summed E-state index contributed by atoms with van der Waals surface area (Å²) < 4.78 is 68.4. The fraction of sp³-hybridized carbons (Fsp3) is 0.387. The van der Waals surface area contributed by atoms with Crippen molar-refractivity contribution < 1.29 is 26.4 Å². The highest BCUT2D eigenvalue weighted by atomic mass is 32.2. The van der Waals surface area contributed by atoms with Crippen LogP contribution in [0.5, 0.6) is 0 Å². The van der Waals surface area contributed by atoms with Crippen LogP contribution in [0.3, 0.4) is 0 Å². The predicted octanol–water partition coefficient (Wildman–Crippen LogP) is 5.90. The van der Waals surface area contributed by atoms with Crippen molar-refractivity contribution in [3.05, 3.63) is 101 Å². The lowest BCUT2D eigenvalue weighted by Gasteiger charge is -2.26. The van der Waals surface area contributed by atoms with Crippen LogP contribution >= 0.6 is 0 Å². The number of alkyl halides is 3. The van der Waals surface area contributed by atoms with Gasteiger partial charge in [0.2, 0.25) is 15.9 Å². The first-order chi connectivity index (χ1) is 19.6. The van der Waals surface area contributed by atoms with Gasteiger partial charge in [-0.05, 0) is 79.2 Å². The Morgan fingerprint density at radius 1 is 0.951 bits per heavy atom. The quantitative estimate of drug-likeness (QED) is 0.328. The Hall–Kier alpha value is -3.21. The van der Waals surface area contributed by atoms with E-state index in [0.717, 1.165) is 56.2 Å². The molecule has 3 aromatic carbocycles. The van der Waals surface area contributed by atoms with E-state index in [1.807, 2.05) is 0 Å². The van der Waals surface area contributed by atoms with E-state index in [4.69, 9.17) is 0 Å². The normalized spacial score (nSPS) is 18.6. The molecule has 1 amide bonds. The molecule has 5 rings (SSSR count). The third-order valence-corrected chi connectivity index (χ3v) is 9.31. The van der Waals surface area contributed by atoms with Gasteiger partial charge in [-0.3, -0.25) is 9.69 Å². The molecule has 41 heavy (non-hydrogen) atoms. The monoisotopic (exact) mass is 585 g/mol. The van der Waals surface area contributed by atoms with Crippen LogP contribution in [0.25, 0.3) is 0 Å². The van der Waals surface area contributed by atoms with Crippen molar-refractivity contribution in [1.82, 2.24) is 14.9 Å². The number of carbonyl (C=O) groups is 1. The molecule has 6 nitrogen and oxygen atoms in total. The zero-order valence-corrected chi connectivity index (χ0v) is 23.5. The number of nitrogens with zero attached hydrogens (tertiary/aromatic N) is 1. The van der Waals surface area contributed by atoms with E-state index in [-0.39, 0.29) is 18.4 Å². The van der Waals surface area contributed by atoms with Gasteiger partial charge in [-0.15, -0.1) is 0 Å². The van der Waals surface area contributed by atoms with Crippen LogP contribution in [0.15, 0.2) is 77.7 Å². The maximum Gasteiger partial charge on any atom is 0.416 e. The number of hydrogen-bond acceptors (Lipinski definition) is 4. The average molecular weight is 586 g/mol. The number of carbonyl (C=O) groups excluding carboxylic acids is 1. The van der Waals surface area contributed by atoms with Crippen molar-refractivity contribution in [1.29, 1.82) is 0 Å². The Labute approximate surface area is 239 Å². The Morgan fingerprint density at radius 3 is 2.44 bits per heavy atom. The number of amides is 1. The maximum atomic E-state index is 13.2. The molecule has 0 radical (unpaired) electrons. The molecular formula is C31H34F3N3O3S. The summed E-state index contributed by atoms with van der Waals surface area (Å²) in [5.74, 6) is -0.346. The van der Waals surface area contributed by atoms with Gasteiger partial charge in [0.1, 0.15) is 0 Å². The smallest absolute Gasteiger partial charge is 0.349 e. The topological polar surface area (TPSA) is 78.5 Å². The summed E-state index contributed by atoms with van der Waals surface area (Å²) in [6.45, 7) is 3.17. The van der Waals surface area contributed by atoms with Gasteiger partial charge >= 0.3 is 6.18 Å². The number of likely N-dealkylation sites (tertiary alicyclic amines) is 1. The van der Waals surface area contributed by atoms with Crippen LogP contribution in [0.4, 0.5) is 13.2 Å². The highest BCUT2D eigenvalue weighted by molar-refractivity contribution is 7.89. The fourth-order valence-electron chi connectivity index (χ4n) is 5.74. The van der Waals surface area contributed by atoms with Gasteiger partial charge in [0.15, 0.2) is 0 Å². The molecule has 218 valence electrons. The summed E-state index contributed by atoms with van der Waals surface area (Å²) >= 11 is 0. The molecule has 10 heteroatoms. The lowest BCUT2D eigenvalue weighted by atomic mass is 10.0. The third-order valence-electron chi connectivity index (χ3n) is 7.84. The summed E-state index contributed by atoms with van der Waals surface area (Å²) in [7, 11) is -4.36. The number of rotatable bonds is 9. The molecule has 3 aromatic rings. The van der Waals surface area contributed by atoms with E-state index < -0.39 is 32.7 Å². The van der Waals surface area contributed by atoms with Gasteiger partial charge in [0.05, 0.1) is 22.5 Å². The third kappa shape index (κ3) is 7.36. The molecule has 1 fully saturated rings. The Balaban J connectivity index is 1.28. The SMILES string of the molecule is O=C(C[C@@H](NS(=O)(=O)c1cccc(C(F)(F)F)c1)c1ccccc1)N[C@@H]1CCc2cc(CN3CCCCC3)ccc21. The number of fused-ring (bicyclic) bond motifs is 1. The number of halogens is 3. The summed E-state index contributed by atoms with van der Waals surface area (Å²) in [5, 5.41) is 3.06. The molecule has 0 saturated carbocycles. The van der Waals surface area contributed by atoms with Gasteiger partial charge in [0, 0.05) is 13.0 Å². The van der Waals surface area contributed by atoms with Crippen molar-refractivity contribution >= 4 is 15.9 Å². The van der Waals surface area contributed by atoms with E-state index in [9.17, 15) is 26.4 Å². The standard InChI is InChI=1S/C31H34F3N3O3S/c32-31(33,34)25-10-7-11-26(19-25)41(39,40)36-29(23-8-3-1-4-9-23)20-30(38)35-28-15-13-24-18-22(12-14-27(24)28)21-37-16-5-2-6-17-37/h1,3-4,7-12,14,18-19,28-29,36H,2,5-6,13,15-17,20-21H2,(H,35,38)/t28-,29-/m1/s1. The number of hydrogen-bond donors (Lipinski definition) is 2. The minimum atomic E-state index is -4.68. The maximum absolute atomic E-state index is 13.2. The first kappa shape index (κ1) is 29.3. The van der Waals surface area contributed by atoms with Crippen LogP contribution < -0.4 is 10.0 Å². The molecular weight excluding hydrogens is 551 g/mol. The molecule has 0 spiro atoms. The second kappa shape index (κ2) is 12.3. The largest absolute Gasteiger partial charge is 0.416 e. The molecule has 0 bridgehead atoms. The van der Waals surface area contributed by atoms with Crippen molar-refractivity contribution in [2.24, 2.45) is 0 Å². The van der Waals surface area contributed by atoms with Crippen LogP contribution in [0.2, 0.25) is 0 Å². The van der Waals surface area contributed by atoms with E-state index >= 15 is 0 Å². The molecule has 1 saturated heterocycles. The Morgan fingerprint density at radius 2 is 1.71 bits per heavy atom. The molecule has 1 aliphatic heterocycles. The lowest BCUT2D eigenvalue weighted by Crippen LogP contribution is -2.35. The first-order valence-electron chi connectivity index (χ1n) is 14.0. The molecule has 1 aliphatic carbocycles. The molecule has 2 N–H and O–H groups in total. The number of benzene rings is 3. The van der Waals surface area contributed by atoms with Crippen LogP contribution in [0, 0.1) is 0 Å². The highest BCUT2D eigenvalue weighted by Crippen LogP contribution is 2.33. The molecule has 2 aliphatic rings. The van der Waals surface area contributed by atoms with Gasteiger partial charge < -0.3 is 5.32 Å². The minimum Gasteiger partial charge on any atom is -0.349 e. The second-order valence-electron chi connectivity index (χ2n) is 10.8. The number of sulfonamides is 1. The molecule has 1 heterocycles. The summed E-state index contributed by atoms with van der Waals surface area (Å²) in [5.41, 5.74) is 3.03. The molecule has 0 aromatic heterocycles. The van der Waals surface area contributed by atoms with E-state index in [0.29, 0.717) is 11.6 Å². The van der Waals surface area contributed by atoms with E-state index in [1.165, 1.54) is 30.4 Å². The van der Waals surface area contributed by atoms with Crippen molar-refractivity contribution in [3.63, 3.8) is 0 Å². The zero-order chi connectivity index (χ0) is 29.0. The predicted molar refractivity (Wildman–Crippen MR) is 150 cm³/mol. The summed E-state index contributed by atoms with van der Waals surface area (Å²) in [4.78, 5) is 15.2. The van der Waals surface area contributed by atoms with Crippen molar-refractivity contribution in [2.75, 3.05) is 13.1 Å². The number of piperidine rings is 1. The first-order valence-corrected chi connectivity index (χ1v) is 15.4. The van der Waals surface area contributed by atoms with Gasteiger partial charge in [-0.25, -0.2) is 13.1 Å². The van der Waals surface area contributed by atoms with E-state index in [1.54, 1.807) is 30.3 Å². The number of aryl methyl sites for hydroxylation is 1. The molecule has 2 atom stereocenters.